The Labute approximate surface area is 165 Å². The Morgan fingerprint density at radius 3 is 2.80 bits per heavy atom. The molecule has 1 unspecified atom stereocenters. The van der Waals surface area contributed by atoms with Crippen molar-refractivity contribution < 1.29 is 13.5 Å². The van der Waals surface area contributed by atoms with Crippen LogP contribution in [-0.2, 0) is 6.54 Å². The van der Waals surface area contributed by atoms with E-state index in [9.17, 15) is 8.78 Å². The predicted octanol–water partition coefficient (Wildman–Crippen LogP) is 2.91. The summed E-state index contributed by atoms with van der Waals surface area (Å²) in [5.41, 5.74) is 0.665. The van der Waals surface area contributed by atoms with Crippen molar-refractivity contribution >= 4 is 29.9 Å². The molecule has 1 fully saturated rings. The Balaban J connectivity index is 0.00000312. The summed E-state index contributed by atoms with van der Waals surface area (Å²) in [5, 5.41) is 6.46. The number of piperidine rings is 1. The van der Waals surface area contributed by atoms with Crippen LogP contribution in [0.2, 0.25) is 0 Å². The molecule has 2 N–H and O–H groups in total. The molecular weight excluding hydrogens is 441 g/mol. The van der Waals surface area contributed by atoms with E-state index in [1.807, 2.05) is 0 Å². The van der Waals surface area contributed by atoms with Gasteiger partial charge in [-0.15, -0.1) is 24.0 Å². The number of nitrogens with zero attached hydrogens (tertiary/aromatic N) is 2. The Morgan fingerprint density at radius 1 is 1.36 bits per heavy atom. The maximum absolute atomic E-state index is 12.4. The van der Waals surface area contributed by atoms with Crippen LogP contribution in [0.4, 0.5) is 8.78 Å². The lowest BCUT2D eigenvalue weighted by atomic mass is 9.99. The van der Waals surface area contributed by atoms with Crippen LogP contribution in [0, 0.1) is 5.92 Å². The number of halogens is 3. The summed E-state index contributed by atoms with van der Waals surface area (Å²) in [6.07, 6.45) is 2.42. The molecule has 0 amide bonds. The summed E-state index contributed by atoms with van der Waals surface area (Å²) in [7, 11) is 3.84. The van der Waals surface area contributed by atoms with Gasteiger partial charge in [-0.3, -0.25) is 4.99 Å². The number of alkyl halides is 2. The largest absolute Gasteiger partial charge is 0.434 e. The number of para-hydroxylation sites is 1. The minimum Gasteiger partial charge on any atom is -0.434 e. The van der Waals surface area contributed by atoms with Crippen molar-refractivity contribution in [2.75, 3.05) is 33.7 Å². The van der Waals surface area contributed by atoms with Gasteiger partial charge >= 0.3 is 6.61 Å². The third-order valence-corrected chi connectivity index (χ3v) is 4.14. The van der Waals surface area contributed by atoms with E-state index in [0.717, 1.165) is 19.6 Å². The number of ether oxygens (including phenoxy) is 1. The molecule has 0 aliphatic carbocycles. The second-order valence-corrected chi connectivity index (χ2v) is 6.06. The van der Waals surface area contributed by atoms with Gasteiger partial charge in [0.25, 0.3) is 0 Å². The number of aliphatic imine (C=N–C) groups is 1. The Kier molecular flexibility index (Phi) is 10.0. The van der Waals surface area contributed by atoms with Crippen molar-refractivity contribution in [1.82, 2.24) is 15.5 Å². The molecule has 1 aliphatic heterocycles. The van der Waals surface area contributed by atoms with E-state index in [1.54, 1.807) is 25.2 Å². The van der Waals surface area contributed by atoms with Crippen molar-refractivity contribution in [2.24, 2.45) is 10.9 Å². The van der Waals surface area contributed by atoms with Crippen LogP contribution in [0.25, 0.3) is 0 Å². The van der Waals surface area contributed by atoms with Crippen LogP contribution in [0.5, 0.6) is 5.75 Å². The smallest absolute Gasteiger partial charge is 0.387 e. The number of nitrogens with one attached hydrogen (secondary N) is 2. The van der Waals surface area contributed by atoms with Gasteiger partial charge in [0.1, 0.15) is 5.75 Å². The second-order valence-electron chi connectivity index (χ2n) is 6.06. The van der Waals surface area contributed by atoms with E-state index >= 15 is 0 Å². The first-order valence-corrected chi connectivity index (χ1v) is 8.24. The first-order chi connectivity index (χ1) is 11.6. The summed E-state index contributed by atoms with van der Waals surface area (Å²) >= 11 is 0. The lowest BCUT2D eigenvalue weighted by Crippen LogP contribution is -2.43. The SMILES string of the molecule is CN=C(NCc1ccccc1OC(F)F)NCC1CCCN(C)C1.I. The Bertz CT molecular complexity index is 545. The fraction of sp³-hybridized carbons (Fsp3) is 0.588. The van der Waals surface area contributed by atoms with Gasteiger partial charge in [-0.1, -0.05) is 18.2 Å². The molecule has 5 nitrogen and oxygen atoms in total. The van der Waals surface area contributed by atoms with E-state index in [0.29, 0.717) is 24.0 Å². The normalized spacial score (nSPS) is 18.6. The predicted molar refractivity (Wildman–Crippen MR) is 107 cm³/mol. The molecule has 1 aromatic carbocycles. The lowest BCUT2D eigenvalue weighted by molar-refractivity contribution is -0.0504. The topological polar surface area (TPSA) is 48.9 Å². The van der Waals surface area contributed by atoms with E-state index in [2.05, 4.69) is 32.3 Å². The van der Waals surface area contributed by atoms with Crippen molar-refractivity contribution in [3.05, 3.63) is 29.8 Å². The molecule has 8 heteroatoms. The summed E-state index contributed by atoms with van der Waals surface area (Å²) in [6, 6.07) is 6.77. The summed E-state index contributed by atoms with van der Waals surface area (Å²) in [5.74, 6) is 1.44. The fourth-order valence-electron chi connectivity index (χ4n) is 2.94. The maximum atomic E-state index is 12.4. The van der Waals surface area contributed by atoms with Crippen molar-refractivity contribution in [1.29, 1.82) is 0 Å². The third kappa shape index (κ3) is 7.72. The highest BCUT2D eigenvalue weighted by Crippen LogP contribution is 2.20. The van der Waals surface area contributed by atoms with Crippen LogP contribution >= 0.6 is 24.0 Å². The van der Waals surface area contributed by atoms with Crippen LogP contribution in [-0.4, -0.2) is 51.2 Å². The first-order valence-electron chi connectivity index (χ1n) is 8.24. The monoisotopic (exact) mass is 468 g/mol. The molecule has 1 atom stereocenters. The molecular formula is C17H27F2IN4O. The van der Waals surface area contributed by atoms with Gasteiger partial charge in [0.15, 0.2) is 5.96 Å². The molecule has 0 aromatic heterocycles. The fourth-order valence-corrected chi connectivity index (χ4v) is 2.94. The molecule has 0 saturated carbocycles. The van der Waals surface area contributed by atoms with Crippen LogP contribution in [0.15, 0.2) is 29.3 Å². The first kappa shape index (κ1) is 21.9. The number of likely N-dealkylation sites (tertiary alicyclic amines) is 1. The van der Waals surface area contributed by atoms with Crippen LogP contribution in [0.1, 0.15) is 18.4 Å². The van der Waals surface area contributed by atoms with E-state index in [-0.39, 0.29) is 29.7 Å². The summed E-state index contributed by atoms with van der Waals surface area (Å²) < 4.78 is 29.4. The highest BCUT2D eigenvalue weighted by molar-refractivity contribution is 14.0. The zero-order chi connectivity index (χ0) is 17.4. The number of benzene rings is 1. The number of rotatable bonds is 6. The summed E-state index contributed by atoms with van der Waals surface area (Å²) in [6.45, 7) is 0.623. The van der Waals surface area contributed by atoms with Gasteiger partial charge in [-0.2, -0.15) is 8.78 Å². The molecule has 1 aliphatic rings. The van der Waals surface area contributed by atoms with Crippen molar-refractivity contribution in [3.63, 3.8) is 0 Å². The van der Waals surface area contributed by atoms with Crippen LogP contribution < -0.4 is 15.4 Å². The number of hydrogen-bond acceptors (Lipinski definition) is 3. The number of guanidine groups is 1. The van der Waals surface area contributed by atoms with E-state index in [1.165, 1.54) is 18.9 Å². The zero-order valence-corrected chi connectivity index (χ0v) is 17.0. The van der Waals surface area contributed by atoms with E-state index in [4.69, 9.17) is 0 Å². The van der Waals surface area contributed by atoms with Gasteiger partial charge < -0.3 is 20.3 Å². The Morgan fingerprint density at radius 2 is 2.12 bits per heavy atom. The molecule has 2 rings (SSSR count). The molecule has 0 bridgehead atoms. The third-order valence-electron chi connectivity index (χ3n) is 4.14. The zero-order valence-electron chi connectivity index (χ0n) is 14.7. The van der Waals surface area contributed by atoms with Gasteiger partial charge in [0.05, 0.1) is 0 Å². The van der Waals surface area contributed by atoms with E-state index < -0.39 is 6.61 Å². The molecule has 1 aromatic rings. The standard InChI is InChI=1S/C17H26F2N4O.HI/c1-20-17(21-10-13-6-5-9-23(2)12-13)22-11-14-7-3-4-8-15(14)24-16(18)19;/h3-4,7-8,13,16H,5-6,9-12H2,1-2H3,(H2,20,21,22);1H. The highest BCUT2D eigenvalue weighted by atomic mass is 127. The molecule has 1 saturated heterocycles. The van der Waals surface area contributed by atoms with Crippen molar-refractivity contribution in [2.45, 2.75) is 26.0 Å². The van der Waals surface area contributed by atoms with Gasteiger partial charge in [0, 0.05) is 32.2 Å². The lowest BCUT2D eigenvalue weighted by Gasteiger charge is -2.30. The second kappa shape index (κ2) is 11.5. The molecule has 142 valence electrons. The number of hydrogen-bond donors (Lipinski definition) is 2. The quantitative estimate of drug-likeness (QED) is 0.383. The molecule has 1 heterocycles. The van der Waals surface area contributed by atoms with Gasteiger partial charge in [-0.05, 0) is 38.4 Å². The minimum absolute atomic E-state index is 0. The minimum atomic E-state index is -2.83. The summed E-state index contributed by atoms with van der Waals surface area (Å²) in [4.78, 5) is 6.53. The average molecular weight is 468 g/mol. The molecule has 25 heavy (non-hydrogen) atoms. The van der Waals surface area contributed by atoms with Gasteiger partial charge in [0.2, 0.25) is 0 Å². The Hall–Kier alpha value is -1.16. The van der Waals surface area contributed by atoms with Crippen LogP contribution in [0.3, 0.4) is 0 Å². The average Bonchev–Trinajstić information content (AvgIpc) is 2.56. The van der Waals surface area contributed by atoms with Crippen molar-refractivity contribution in [3.8, 4) is 5.75 Å². The molecule has 0 radical (unpaired) electrons. The highest BCUT2D eigenvalue weighted by Gasteiger charge is 2.17. The van der Waals surface area contributed by atoms with Gasteiger partial charge in [-0.25, -0.2) is 0 Å². The maximum Gasteiger partial charge on any atom is 0.387 e. The molecule has 0 spiro atoms.